The highest BCUT2D eigenvalue weighted by molar-refractivity contribution is 6.32. The maximum Gasteiger partial charge on any atom is 0.341 e. The molecule has 0 spiro atoms. The fraction of sp³-hybridized carbons (Fsp3) is 0.300. The van der Waals surface area contributed by atoms with Crippen LogP contribution in [0.4, 0.5) is 0 Å². The number of methoxy groups -OCH3 is 3. The van der Waals surface area contributed by atoms with Crippen molar-refractivity contribution in [3.63, 3.8) is 0 Å². The van der Waals surface area contributed by atoms with E-state index < -0.39 is 5.97 Å². The first-order valence-corrected chi connectivity index (χ1v) is 4.51. The van der Waals surface area contributed by atoms with Gasteiger partial charge < -0.3 is 14.2 Å². The van der Waals surface area contributed by atoms with Crippen LogP contribution in [-0.2, 0) is 4.74 Å². The maximum atomic E-state index is 11.4. The molecular formula is C10H11ClO4. The van der Waals surface area contributed by atoms with Gasteiger partial charge in [-0.15, -0.1) is 0 Å². The molecule has 0 radical (unpaired) electrons. The van der Waals surface area contributed by atoms with E-state index in [1.165, 1.54) is 27.4 Å². The van der Waals surface area contributed by atoms with Crippen LogP contribution < -0.4 is 9.47 Å². The number of hydrogen-bond acceptors (Lipinski definition) is 4. The second-order valence-electron chi connectivity index (χ2n) is 2.68. The topological polar surface area (TPSA) is 44.8 Å². The number of rotatable bonds is 3. The zero-order valence-corrected chi connectivity index (χ0v) is 9.42. The highest BCUT2D eigenvalue weighted by atomic mass is 35.5. The highest BCUT2D eigenvalue weighted by Gasteiger charge is 2.17. The van der Waals surface area contributed by atoms with Crippen molar-refractivity contribution in [1.82, 2.24) is 0 Å². The van der Waals surface area contributed by atoms with Gasteiger partial charge in [0.1, 0.15) is 11.3 Å². The molecule has 0 aliphatic heterocycles. The van der Waals surface area contributed by atoms with E-state index in [0.717, 1.165) is 0 Å². The highest BCUT2D eigenvalue weighted by Crippen LogP contribution is 2.33. The largest absolute Gasteiger partial charge is 0.497 e. The van der Waals surface area contributed by atoms with E-state index in [9.17, 15) is 4.79 Å². The first-order chi connectivity index (χ1) is 7.13. The van der Waals surface area contributed by atoms with Gasteiger partial charge in [0.15, 0.2) is 5.75 Å². The predicted molar refractivity (Wildman–Crippen MR) is 55.9 cm³/mol. The Morgan fingerprint density at radius 2 is 1.87 bits per heavy atom. The lowest BCUT2D eigenvalue weighted by Crippen LogP contribution is -2.05. The number of ether oxygens (including phenoxy) is 3. The second kappa shape index (κ2) is 4.89. The van der Waals surface area contributed by atoms with E-state index in [1.807, 2.05) is 0 Å². The number of hydrogen-bond donors (Lipinski definition) is 0. The third-order valence-electron chi connectivity index (χ3n) is 1.86. The van der Waals surface area contributed by atoms with Crippen molar-refractivity contribution in [2.24, 2.45) is 0 Å². The fourth-order valence-corrected chi connectivity index (χ4v) is 1.44. The molecule has 0 saturated carbocycles. The molecule has 1 aromatic carbocycles. The monoisotopic (exact) mass is 230 g/mol. The number of carbonyl (C=O) groups is 1. The summed E-state index contributed by atoms with van der Waals surface area (Å²) in [4.78, 5) is 11.4. The van der Waals surface area contributed by atoms with Gasteiger partial charge in [0, 0.05) is 6.07 Å². The molecule has 4 nitrogen and oxygen atoms in total. The summed E-state index contributed by atoms with van der Waals surface area (Å²) in [6.45, 7) is 0. The van der Waals surface area contributed by atoms with E-state index in [2.05, 4.69) is 4.74 Å². The molecule has 0 heterocycles. The van der Waals surface area contributed by atoms with Crippen LogP contribution in [0.15, 0.2) is 12.1 Å². The van der Waals surface area contributed by atoms with Crippen LogP contribution in [0.25, 0.3) is 0 Å². The molecule has 15 heavy (non-hydrogen) atoms. The molecule has 5 heteroatoms. The fourth-order valence-electron chi connectivity index (χ4n) is 1.16. The Bertz CT molecular complexity index is 376. The van der Waals surface area contributed by atoms with Gasteiger partial charge in [-0.05, 0) is 6.07 Å². The minimum absolute atomic E-state index is 0.240. The van der Waals surface area contributed by atoms with Gasteiger partial charge in [-0.3, -0.25) is 0 Å². The zero-order chi connectivity index (χ0) is 11.4. The van der Waals surface area contributed by atoms with Crippen LogP contribution in [-0.4, -0.2) is 27.3 Å². The molecule has 1 rings (SSSR count). The van der Waals surface area contributed by atoms with Crippen molar-refractivity contribution >= 4 is 17.6 Å². The summed E-state index contributed by atoms with van der Waals surface area (Å²) >= 11 is 5.90. The average molecular weight is 231 g/mol. The van der Waals surface area contributed by atoms with Gasteiger partial charge in [-0.2, -0.15) is 0 Å². The van der Waals surface area contributed by atoms with Crippen LogP contribution in [0.2, 0.25) is 5.02 Å². The van der Waals surface area contributed by atoms with Crippen LogP contribution >= 0.6 is 11.6 Å². The van der Waals surface area contributed by atoms with Crippen LogP contribution in [0.1, 0.15) is 10.4 Å². The van der Waals surface area contributed by atoms with Gasteiger partial charge in [-0.25, -0.2) is 4.79 Å². The van der Waals surface area contributed by atoms with Gasteiger partial charge in [0.2, 0.25) is 0 Å². The molecule has 0 fully saturated rings. The Kier molecular flexibility index (Phi) is 3.80. The van der Waals surface area contributed by atoms with Crippen LogP contribution in [0.5, 0.6) is 11.5 Å². The minimum atomic E-state index is -0.521. The number of benzene rings is 1. The summed E-state index contributed by atoms with van der Waals surface area (Å²) in [7, 11) is 4.20. The molecule has 0 aliphatic rings. The Morgan fingerprint density at radius 1 is 1.20 bits per heavy atom. The summed E-state index contributed by atoms with van der Waals surface area (Å²) in [6, 6.07) is 3.07. The number of carbonyl (C=O) groups excluding carboxylic acids is 1. The SMILES string of the molecule is COC(=O)c1cc(OC)cc(Cl)c1OC. The summed E-state index contributed by atoms with van der Waals surface area (Å²) in [5.74, 6) is 0.234. The standard InChI is InChI=1S/C10H11ClO4/c1-13-6-4-7(10(12)15-3)9(14-2)8(11)5-6/h4-5H,1-3H3. The molecule has 0 aromatic heterocycles. The minimum Gasteiger partial charge on any atom is -0.497 e. The zero-order valence-electron chi connectivity index (χ0n) is 8.67. The van der Waals surface area contributed by atoms with Gasteiger partial charge in [0.05, 0.1) is 26.4 Å². The number of esters is 1. The van der Waals surface area contributed by atoms with Crippen LogP contribution in [0.3, 0.4) is 0 Å². The van der Waals surface area contributed by atoms with Gasteiger partial charge in [-0.1, -0.05) is 11.6 Å². The van der Waals surface area contributed by atoms with Gasteiger partial charge >= 0.3 is 5.97 Å². The molecule has 0 aliphatic carbocycles. The first kappa shape index (κ1) is 11.7. The summed E-state index contributed by atoms with van der Waals surface area (Å²) < 4.78 is 14.6. The van der Waals surface area contributed by atoms with E-state index in [4.69, 9.17) is 21.1 Å². The van der Waals surface area contributed by atoms with E-state index in [-0.39, 0.29) is 11.3 Å². The molecule has 0 N–H and O–H groups in total. The van der Waals surface area contributed by atoms with Crippen molar-refractivity contribution in [2.75, 3.05) is 21.3 Å². The quantitative estimate of drug-likeness (QED) is 0.747. The Labute approximate surface area is 92.7 Å². The Balaban J connectivity index is 3.32. The van der Waals surface area contributed by atoms with E-state index >= 15 is 0 Å². The van der Waals surface area contributed by atoms with E-state index in [0.29, 0.717) is 10.8 Å². The molecule has 0 unspecified atom stereocenters. The van der Waals surface area contributed by atoms with Crippen molar-refractivity contribution in [3.8, 4) is 11.5 Å². The maximum absolute atomic E-state index is 11.4. The molecule has 0 atom stereocenters. The van der Waals surface area contributed by atoms with Crippen molar-refractivity contribution in [1.29, 1.82) is 0 Å². The average Bonchev–Trinajstić information content (AvgIpc) is 2.26. The molecule has 82 valence electrons. The molecule has 0 amide bonds. The summed E-state index contributed by atoms with van der Waals surface area (Å²) in [6.07, 6.45) is 0. The molecule has 0 saturated heterocycles. The van der Waals surface area contributed by atoms with Crippen LogP contribution in [0, 0.1) is 0 Å². The predicted octanol–water partition coefficient (Wildman–Crippen LogP) is 2.14. The third-order valence-corrected chi connectivity index (χ3v) is 2.14. The van der Waals surface area contributed by atoms with Gasteiger partial charge in [0.25, 0.3) is 0 Å². The molecule has 0 bridgehead atoms. The molecule has 1 aromatic rings. The smallest absolute Gasteiger partial charge is 0.341 e. The Morgan fingerprint density at radius 3 is 2.33 bits per heavy atom. The lowest BCUT2D eigenvalue weighted by Gasteiger charge is -2.10. The number of halogens is 1. The normalized spacial score (nSPS) is 9.60. The summed E-state index contributed by atoms with van der Waals surface area (Å²) in [5.41, 5.74) is 0.240. The van der Waals surface area contributed by atoms with Crippen molar-refractivity contribution in [3.05, 3.63) is 22.7 Å². The molecular weight excluding hydrogens is 220 g/mol. The Hall–Kier alpha value is -1.42. The van der Waals surface area contributed by atoms with E-state index in [1.54, 1.807) is 6.07 Å². The van der Waals surface area contributed by atoms with Crippen molar-refractivity contribution in [2.45, 2.75) is 0 Å². The lowest BCUT2D eigenvalue weighted by molar-refractivity contribution is 0.0596. The second-order valence-corrected chi connectivity index (χ2v) is 3.09. The lowest BCUT2D eigenvalue weighted by atomic mass is 10.2. The third kappa shape index (κ3) is 2.33. The first-order valence-electron chi connectivity index (χ1n) is 4.13. The summed E-state index contributed by atoms with van der Waals surface area (Å²) in [5, 5.41) is 0.303. The van der Waals surface area contributed by atoms with Crippen molar-refractivity contribution < 1.29 is 19.0 Å².